The molecule has 1 heterocycles. The van der Waals surface area contributed by atoms with E-state index in [4.69, 9.17) is 4.74 Å². The number of allylic oxidation sites excluding steroid dienone is 5. The van der Waals surface area contributed by atoms with Crippen LogP contribution in [0.2, 0.25) is 0 Å². The van der Waals surface area contributed by atoms with Gasteiger partial charge in [-0.15, -0.1) is 0 Å². The zero-order valence-electron chi connectivity index (χ0n) is 20.4. The first-order valence-corrected chi connectivity index (χ1v) is 12.9. The van der Waals surface area contributed by atoms with Crippen LogP contribution < -0.4 is 0 Å². The lowest BCUT2D eigenvalue weighted by Crippen LogP contribution is -2.45. The molecule has 182 valence electrons. The Morgan fingerprint density at radius 1 is 1.27 bits per heavy atom. The van der Waals surface area contributed by atoms with Crippen LogP contribution in [0.4, 0.5) is 0 Å². The van der Waals surface area contributed by atoms with Gasteiger partial charge in [0.25, 0.3) is 0 Å². The Balaban J connectivity index is 1.45. The molecule has 2 N–H and O–H groups in total. The molecule has 3 fully saturated rings. The van der Waals surface area contributed by atoms with Gasteiger partial charge in [0.2, 0.25) is 5.91 Å². The number of hydrogen-bond acceptors (Lipinski definition) is 4. The number of rotatable bonds is 5. The quantitative estimate of drug-likeness (QED) is 0.461. The molecule has 4 aliphatic rings. The van der Waals surface area contributed by atoms with E-state index in [1.807, 2.05) is 11.0 Å². The molecule has 0 bridgehead atoms. The van der Waals surface area contributed by atoms with Crippen LogP contribution in [0.5, 0.6) is 0 Å². The van der Waals surface area contributed by atoms with E-state index in [0.717, 1.165) is 57.2 Å². The monoisotopic (exact) mass is 455 g/mol. The van der Waals surface area contributed by atoms with Gasteiger partial charge < -0.3 is 19.8 Å². The van der Waals surface area contributed by atoms with E-state index in [-0.39, 0.29) is 30.8 Å². The van der Waals surface area contributed by atoms with Crippen molar-refractivity contribution >= 4 is 5.91 Å². The van der Waals surface area contributed by atoms with Crippen molar-refractivity contribution in [1.29, 1.82) is 0 Å². The Morgan fingerprint density at radius 2 is 2.03 bits per heavy atom. The van der Waals surface area contributed by atoms with Crippen LogP contribution in [0.3, 0.4) is 0 Å². The molecule has 4 atom stereocenters. The van der Waals surface area contributed by atoms with Gasteiger partial charge in [-0.1, -0.05) is 49.8 Å². The van der Waals surface area contributed by atoms with Gasteiger partial charge >= 0.3 is 0 Å². The fourth-order valence-electron chi connectivity index (χ4n) is 6.49. The Kier molecular flexibility index (Phi) is 7.32. The van der Waals surface area contributed by atoms with E-state index in [1.54, 1.807) is 5.57 Å². The maximum atomic E-state index is 12.5. The van der Waals surface area contributed by atoms with Crippen molar-refractivity contribution in [3.05, 3.63) is 47.1 Å². The molecule has 4 rings (SSSR count). The third-order valence-corrected chi connectivity index (χ3v) is 8.56. The maximum Gasteiger partial charge on any atom is 0.248 e. The minimum Gasteiger partial charge on any atom is -0.388 e. The van der Waals surface area contributed by atoms with Crippen LogP contribution in [0.1, 0.15) is 78.1 Å². The molecule has 3 aliphatic carbocycles. The summed E-state index contributed by atoms with van der Waals surface area (Å²) in [4.78, 5) is 14.3. The predicted molar refractivity (Wildman–Crippen MR) is 130 cm³/mol. The zero-order chi connectivity index (χ0) is 23.6. The van der Waals surface area contributed by atoms with Crippen LogP contribution in [0, 0.1) is 11.3 Å². The minimum atomic E-state index is -1.55. The second-order valence-electron chi connectivity index (χ2n) is 10.7. The third-order valence-electron chi connectivity index (χ3n) is 8.56. The number of carbonyl (C=O) groups is 1. The average Bonchev–Trinajstić information content (AvgIpc) is 3.16. The molecular weight excluding hydrogens is 414 g/mol. The van der Waals surface area contributed by atoms with Crippen molar-refractivity contribution < 1.29 is 19.7 Å². The Hall–Kier alpha value is -1.69. The van der Waals surface area contributed by atoms with Gasteiger partial charge in [-0.2, -0.15) is 0 Å². The lowest BCUT2D eigenvalue weighted by Gasteiger charge is -2.41. The standard InChI is InChI=1S/C28H41NO4/c1-4-23-12-13-24-21(9-8-14-27(23,24)3)10-11-22-17-28(32,18-25(30)20(22)2)33-19-26(31)29-15-6-5-7-16-29/h10-12,24-25,30,32H,2,4-9,13-19H2,1,3H3/t24-,25-,27+,28-/m0/s1. The summed E-state index contributed by atoms with van der Waals surface area (Å²) in [5.74, 6) is -1.10. The van der Waals surface area contributed by atoms with Gasteiger partial charge in [0.1, 0.15) is 6.61 Å². The highest BCUT2D eigenvalue weighted by molar-refractivity contribution is 5.77. The smallest absolute Gasteiger partial charge is 0.248 e. The largest absolute Gasteiger partial charge is 0.388 e. The molecule has 1 amide bonds. The molecule has 5 heteroatoms. The molecule has 0 aromatic rings. The Labute approximate surface area is 198 Å². The zero-order valence-corrected chi connectivity index (χ0v) is 20.4. The normalized spacial score (nSPS) is 37.4. The lowest BCUT2D eigenvalue weighted by atomic mass is 9.64. The van der Waals surface area contributed by atoms with Crippen molar-refractivity contribution in [3.8, 4) is 0 Å². The summed E-state index contributed by atoms with van der Waals surface area (Å²) in [6.07, 6.45) is 15.0. The first kappa shape index (κ1) is 24.4. The van der Waals surface area contributed by atoms with Gasteiger partial charge in [-0.05, 0) is 73.8 Å². The molecule has 0 unspecified atom stereocenters. The molecule has 1 saturated heterocycles. The number of carbonyl (C=O) groups excluding carboxylic acids is 1. The second kappa shape index (κ2) is 9.89. The molecule has 0 spiro atoms. The van der Waals surface area contributed by atoms with Crippen LogP contribution in [-0.2, 0) is 9.53 Å². The highest BCUT2D eigenvalue weighted by atomic mass is 16.6. The lowest BCUT2D eigenvalue weighted by molar-refractivity contribution is -0.222. The highest BCUT2D eigenvalue weighted by Crippen LogP contribution is 2.55. The van der Waals surface area contributed by atoms with Gasteiger partial charge in [-0.3, -0.25) is 4.79 Å². The summed E-state index contributed by atoms with van der Waals surface area (Å²) in [7, 11) is 0. The fraction of sp³-hybridized carbons (Fsp3) is 0.679. The molecule has 0 aromatic carbocycles. The molecule has 0 radical (unpaired) electrons. The van der Waals surface area contributed by atoms with E-state index < -0.39 is 11.9 Å². The van der Waals surface area contributed by atoms with E-state index in [1.165, 1.54) is 18.4 Å². The summed E-state index contributed by atoms with van der Waals surface area (Å²) in [6.45, 7) is 10.1. The molecule has 0 aromatic heterocycles. The first-order chi connectivity index (χ1) is 15.8. The van der Waals surface area contributed by atoms with E-state index >= 15 is 0 Å². The topological polar surface area (TPSA) is 70.0 Å². The molecule has 5 nitrogen and oxygen atoms in total. The molecule has 33 heavy (non-hydrogen) atoms. The van der Waals surface area contributed by atoms with Crippen LogP contribution in [-0.4, -0.2) is 52.6 Å². The SMILES string of the molecule is C=C1C(=CC=C2CCC[C@]3(C)C(CC)=CC[C@@H]23)C[C@](O)(OCC(=O)N2CCCCC2)C[C@@H]1O. The van der Waals surface area contributed by atoms with Gasteiger partial charge in [-0.25, -0.2) is 0 Å². The van der Waals surface area contributed by atoms with Crippen LogP contribution in [0.15, 0.2) is 47.1 Å². The van der Waals surface area contributed by atoms with Gasteiger partial charge in [0.05, 0.1) is 6.10 Å². The molecule has 2 saturated carbocycles. The highest BCUT2D eigenvalue weighted by Gasteiger charge is 2.44. The van der Waals surface area contributed by atoms with Crippen LogP contribution >= 0.6 is 0 Å². The maximum absolute atomic E-state index is 12.5. The van der Waals surface area contributed by atoms with Crippen molar-refractivity contribution in [2.24, 2.45) is 11.3 Å². The first-order valence-electron chi connectivity index (χ1n) is 12.9. The van der Waals surface area contributed by atoms with Crippen molar-refractivity contribution in [1.82, 2.24) is 4.90 Å². The number of piperidine rings is 1. The Morgan fingerprint density at radius 3 is 2.76 bits per heavy atom. The number of amides is 1. The summed E-state index contributed by atoms with van der Waals surface area (Å²) in [5.41, 5.74) is 4.75. The Bertz CT molecular complexity index is 865. The summed E-state index contributed by atoms with van der Waals surface area (Å²) < 4.78 is 5.73. The minimum absolute atomic E-state index is 0.0392. The number of aliphatic hydroxyl groups is 2. The van der Waals surface area contributed by atoms with E-state index in [0.29, 0.717) is 11.5 Å². The number of aliphatic hydroxyl groups excluding tert-OH is 1. The number of nitrogens with zero attached hydrogens (tertiary/aromatic N) is 1. The summed E-state index contributed by atoms with van der Waals surface area (Å²) >= 11 is 0. The number of likely N-dealkylation sites (tertiary alicyclic amines) is 1. The van der Waals surface area contributed by atoms with E-state index in [9.17, 15) is 15.0 Å². The molecular formula is C28H41NO4. The molecule has 1 aliphatic heterocycles. The predicted octanol–water partition coefficient (Wildman–Crippen LogP) is 4.81. The second-order valence-corrected chi connectivity index (χ2v) is 10.7. The van der Waals surface area contributed by atoms with E-state index in [2.05, 4.69) is 32.6 Å². The van der Waals surface area contributed by atoms with Crippen molar-refractivity contribution in [2.45, 2.75) is 89.9 Å². The van der Waals surface area contributed by atoms with Crippen molar-refractivity contribution in [2.75, 3.05) is 19.7 Å². The van der Waals surface area contributed by atoms with Gasteiger partial charge in [0, 0.05) is 25.9 Å². The summed E-state index contributed by atoms with van der Waals surface area (Å²) in [6, 6.07) is 0. The number of hydrogen-bond donors (Lipinski definition) is 2. The van der Waals surface area contributed by atoms with Crippen LogP contribution in [0.25, 0.3) is 0 Å². The summed E-state index contributed by atoms with van der Waals surface area (Å²) in [5, 5.41) is 21.7. The van der Waals surface area contributed by atoms with Gasteiger partial charge in [0.15, 0.2) is 5.79 Å². The average molecular weight is 456 g/mol. The number of ether oxygens (including phenoxy) is 1. The number of fused-ring (bicyclic) bond motifs is 1. The third kappa shape index (κ3) is 5.06. The van der Waals surface area contributed by atoms with Crippen molar-refractivity contribution in [3.63, 3.8) is 0 Å². The fourth-order valence-corrected chi connectivity index (χ4v) is 6.49.